The van der Waals surface area contributed by atoms with E-state index >= 15 is 0 Å². The minimum absolute atomic E-state index is 0.364. The van der Waals surface area contributed by atoms with Crippen LogP contribution in [0.4, 0.5) is 16.3 Å². The molecule has 1 amide bonds. The Morgan fingerprint density at radius 2 is 2.04 bits per heavy atom. The summed E-state index contributed by atoms with van der Waals surface area (Å²) in [5.41, 5.74) is 8.73. The molecule has 0 fully saturated rings. The Labute approximate surface area is 161 Å². The largest absolute Gasteiger partial charge is 0.441 e. The highest BCUT2D eigenvalue weighted by molar-refractivity contribution is 6.31. The first-order valence-electron chi connectivity index (χ1n) is 8.22. The molecular weight excluding hydrogens is 368 g/mol. The summed E-state index contributed by atoms with van der Waals surface area (Å²) in [4.78, 5) is 16.8. The van der Waals surface area contributed by atoms with Gasteiger partial charge in [0.2, 0.25) is 0 Å². The predicted octanol–water partition coefficient (Wildman–Crippen LogP) is 3.73. The average molecular weight is 387 g/mol. The number of halogens is 1. The summed E-state index contributed by atoms with van der Waals surface area (Å²) in [6.07, 6.45) is -1.18. The van der Waals surface area contributed by atoms with Gasteiger partial charge in [0.1, 0.15) is 6.10 Å². The number of carbonyl (C=O) groups excluding carboxylic acids is 1. The molecule has 1 atom stereocenters. The molecule has 0 saturated carbocycles. The molecule has 140 valence electrons. The molecule has 8 nitrogen and oxygen atoms in total. The summed E-state index contributed by atoms with van der Waals surface area (Å²) in [6.45, 7) is 3.54. The van der Waals surface area contributed by atoms with E-state index in [9.17, 15) is 4.79 Å². The van der Waals surface area contributed by atoms with Crippen LogP contribution >= 0.6 is 11.6 Å². The summed E-state index contributed by atoms with van der Waals surface area (Å²) < 4.78 is 6.87. The molecule has 0 radical (unpaired) electrons. The molecule has 0 aliphatic heterocycles. The van der Waals surface area contributed by atoms with Gasteiger partial charge < -0.3 is 10.5 Å². The smallest absolute Gasteiger partial charge is 0.413 e. The van der Waals surface area contributed by atoms with Crippen molar-refractivity contribution in [1.82, 2.24) is 20.0 Å². The molecule has 3 rings (SSSR count). The fourth-order valence-corrected chi connectivity index (χ4v) is 2.82. The van der Waals surface area contributed by atoms with Crippen LogP contribution in [-0.4, -0.2) is 26.1 Å². The van der Waals surface area contributed by atoms with E-state index in [1.807, 2.05) is 12.1 Å². The SMILES string of the molecule is Cc1nc(-c2nnn(C)c2NC(=O)OC(C)c2ccccc2Cl)ccc1N. The Bertz CT molecular complexity index is 988. The Morgan fingerprint density at radius 3 is 2.74 bits per heavy atom. The standard InChI is InChI=1S/C18H19ClN6O2/c1-10-14(20)8-9-15(21-10)16-17(25(3)24-23-16)22-18(26)27-11(2)12-6-4-5-7-13(12)19/h4-9,11H,20H2,1-3H3,(H,22,26). The minimum atomic E-state index is -0.652. The molecule has 0 aliphatic rings. The number of anilines is 2. The number of nitrogens with two attached hydrogens (primary N) is 1. The Kier molecular flexibility index (Phi) is 5.27. The zero-order valence-corrected chi connectivity index (χ0v) is 15.9. The van der Waals surface area contributed by atoms with Gasteiger partial charge in [0.05, 0.1) is 17.1 Å². The van der Waals surface area contributed by atoms with Crippen LogP contribution in [0.25, 0.3) is 11.4 Å². The fraction of sp³-hybridized carbons (Fsp3) is 0.222. The van der Waals surface area contributed by atoms with Crippen molar-refractivity contribution in [1.29, 1.82) is 0 Å². The van der Waals surface area contributed by atoms with Crippen molar-refractivity contribution in [2.75, 3.05) is 11.1 Å². The third kappa shape index (κ3) is 4.01. The number of carbonyl (C=O) groups is 1. The molecule has 3 aromatic rings. The second-order valence-electron chi connectivity index (χ2n) is 5.98. The highest BCUT2D eigenvalue weighted by Gasteiger charge is 2.20. The lowest BCUT2D eigenvalue weighted by molar-refractivity contribution is 0.121. The summed E-state index contributed by atoms with van der Waals surface area (Å²) in [7, 11) is 1.66. The van der Waals surface area contributed by atoms with Gasteiger partial charge in [-0.2, -0.15) is 0 Å². The molecule has 2 heterocycles. The Hall–Kier alpha value is -3.13. The van der Waals surface area contributed by atoms with E-state index in [4.69, 9.17) is 22.1 Å². The minimum Gasteiger partial charge on any atom is -0.441 e. The molecule has 0 saturated heterocycles. The summed E-state index contributed by atoms with van der Waals surface area (Å²) >= 11 is 6.15. The normalized spacial score (nSPS) is 11.9. The van der Waals surface area contributed by atoms with Gasteiger partial charge in [0.15, 0.2) is 11.5 Å². The number of nitrogen functional groups attached to an aromatic ring is 1. The second-order valence-corrected chi connectivity index (χ2v) is 6.38. The number of amides is 1. The quantitative estimate of drug-likeness (QED) is 0.707. The third-order valence-corrected chi connectivity index (χ3v) is 4.39. The first-order chi connectivity index (χ1) is 12.9. The van der Waals surface area contributed by atoms with E-state index in [1.165, 1.54) is 4.68 Å². The molecule has 0 bridgehead atoms. The topological polar surface area (TPSA) is 108 Å². The zero-order chi connectivity index (χ0) is 19.6. The van der Waals surface area contributed by atoms with Crippen LogP contribution in [0.5, 0.6) is 0 Å². The van der Waals surface area contributed by atoms with Crippen molar-refractivity contribution in [3.8, 4) is 11.4 Å². The summed E-state index contributed by atoms with van der Waals surface area (Å²) in [5, 5.41) is 11.2. The third-order valence-electron chi connectivity index (χ3n) is 4.04. The maximum absolute atomic E-state index is 12.4. The number of hydrogen-bond acceptors (Lipinski definition) is 6. The van der Waals surface area contributed by atoms with E-state index < -0.39 is 12.2 Å². The van der Waals surface area contributed by atoms with E-state index in [0.29, 0.717) is 39.2 Å². The van der Waals surface area contributed by atoms with Crippen LogP contribution in [0.3, 0.4) is 0 Å². The number of aromatic nitrogens is 4. The number of nitrogens with zero attached hydrogens (tertiary/aromatic N) is 4. The molecule has 1 aromatic carbocycles. The predicted molar refractivity (Wildman–Crippen MR) is 103 cm³/mol. The van der Waals surface area contributed by atoms with Crippen LogP contribution < -0.4 is 11.1 Å². The summed E-state index contributed by atoms with van der Waals surface area (Å²) in [6, 6.07) is 10.6. The van der Waals surface area contributed by atoms with E-state index in [0.717, 1.165) is 0 Å². The van der Waals surface area contributed by atoms with Crippen LogP contribution in [0.2, 0.25) is 5.02 Å². The van der Waals surface area contributed by atoms with Crippen molar-refractivity contribution in [3.05, 3.63) is 52.7 Å². The van der Waals surface area contributed by atoms with Gasteiger partial charge in [-0.3, -0.25) is 5.32 Å². The first kappa shape index (κ1) is 18.7. The fourth-order valence-electron chi connectivity index (χ4n) is 2.53. The maximum atomic E-state index is 12.4. The van der Waals surface area contributed by atoms with Gasteiger partial charge in [-0.25, -0.2) is 14.5 Å². The maximum Gasteiger partial charge on any atom is 0.413 e. The summed E-state index contributed by atoms with van der Waals surface area (Å²) in [5.74, 6) is 0.364. The average Bonchev–Trinajstić information content (AvgIpc) is 2.98. The van der Waals surface area contributed by atoms with Crippen molar-refractivity contribution in [2.24, 2.45) is 7.05 Å². The number of aryl methyl sites for hydroxylation is 2. The Balaban J connectivity index is 1.79. The van der Waals surface area contributed by atoms with E-state index in [2.05, 4.69) is 20.6 Å². The molecule has 0 spiro atoms. The molecule has 1 unspecified atom stereocenters. The molecule has 3 N–H and O–H groups in total. The number of hydrogen-bond donors (Lipinski definition) is 2. The Morgan fingerprint density at radius 1 is 1.30 bits per heavy atom. The number of rotatable bonds is 4. The lowest BCUT2D eigenvalue weighted by atomic mass is 10.1. The highest BCUT2D eigenvalue weighted by Crippen LogP contribution is 2.27. The molecular formula is C18H19ClN6O2. The van der Waals surface area contributed by atoms with Crippen molar-refractivity contribution in [2.45, 2.75) is 20.0 Å². The second kappa shape index (κ2) is 7.63. The van der Waals surface area contributed by atoms with Crippen LogP contribution in [0, 0.1) is 6.92 Å². The highest BCUT2D eigenvalue weighted by atomic mass is 35.5. The van der Waals surface area contributed by atoms with Crippen LogP contribution in [0.15, 0.2) is 36.4 Å². The molecule has 2 aromatic heterocycles. The molecule has 0 aliphatic carbocycles. The van der Waals surface area contributed by atoms with Gasteiger partial charge in [-0.15, -0.1) is 5.10 Å². The van der Waals surface area contributed by atoms with Gasteiger partial charge in [0, 0.05) is 17.6 Å². The monoisotopic (exact) mass is 386 g/mol. The van der Waals surface area contributed by atoms with E-state index in [1.54, 1.807) is 45.2 Å². The van der Waals surface area contributed by atoms with Gasteiger partial charge >= 0.3 is 6.09 Å². The van der Waals surface area contributed by atoms with Crippen LogP contribution in [-0.2, 0) is 11.8 Å². The van der Waals surface area contributed by atoms with Crippen LogP contribution in [0.1, 0.15) is 24.3 Å². The van der Waals surface area contributed by atoms with Gasteiger partial charge in [-0.1, -0.05) is 35.0 Å². The lowest BCUT2D eigenvalue weighted by Gasteiger charge is -2.15. The number of nitrogens with one attached hydrogen (secondary N) is 1. The van der Waals surface area contributed by atoms with Crippen molar-refractivity contribution >= 4 is 29.2 Å². The molecule has 27 heavy (non-hydrogen) atoms. The lowest BCUT2D eigenvalue weighted by Crippen LogP contribution is -2.18. The van der Waals surface area contributed by atoms with Gasteiger partial charge in [0.25, 0.3) is 0 Å². The number of pyridine rings is 1. The van der Waals surface area contributed by atoms with Crippen molar-refractivity contribution < 1.29 is 9.53 Å². The van der Waals surface area contributed by atoms with Crippen molar-refractivity contribution in [3.63, 3.8) is 0 Å². The zero-order valence-electron chi connectivity index (χ0n) is 15.1. The molecule has 9 heteroatoms. The van der Waals surface area contributed by atoms with Gasteiger partial charge in [-0.05, 0) is 32.0 Å². The first-order valence-corrected chi connectivity index (χ1v) is 8.60. The number of ether oxygens (including phenoxy) is 1. The number of benzene rings is 1. The van der Waals surface area contributed by atoms with E-state index in [-0.39, 0.29) is 0 Å².